The van der Waals surface area contributed by atoms with Crippen molar-refractivity contribution in [1.82, 2.24) is 0 Å². The van der Waals surface area contributed by atoms with Crippen LogP contribution in [-0.4, -0.2) is 157 Å². The lowest BCUT2D eigenvalue weighted by molar-refractivity contribution is -0.341. The molecule has 10 N–H and O–H groups in total. The average molecular weight is 809 g/mol. The molecule has 0 spiro atoms. The van der Waals surface area contributed by atoms with Gasteiger partial charge in [0.2, 0.25) is 23.8 Å². The maximum atomic E-state index is 14.7. The summed E-state index contributed by atoms with van der Waals surface area (Å²) in [6.07, 6.45) is -21.0. The first-order valence-electron chi connectivity index (χ1n) is 18.2. The third kappa shape index (κ3) is 8.48. The minimum absolute atomic E-state index is 0.0184. The van der Waals surface area contributed by atoms with Gasteiger partial charge in [-0.1, -0.05) is 11.6 Å². The molecule has 0 unspecified atom stereocenters. The number of phenols is 1. The minimum Gasteiger partial charge on any atom is -0.507 e. The third-order valence-corrected chi connectivity index (χ3v) is 10.1. The Morgan fingerprint density at radius 1 is 0.842 bits per heavy atom. The van der Waals surface area contributed by atoms with Gasteiger partial charge in [0.25, 0.3) is 0 Å². The highest BCUT2D eigenvalue weighted by Crippen LogP contribution is 2.42. The molecule has 6 rings (SSSR count). The van der Waals surface area contributed by atoms with Crippen molar-refractivity contribution in [2.75, 3.05) is 20.3 Å². The van der Waals surface area contributed by atoms with E-state index in [4.69, 9.17) is 37.6 Å². The van der Waals surface area contributed by atoms with E-state index in [1.807, 2.05) is 0 Å². The van der Waals surface area contributed by atoms with Crippen LogP contribution in [0.15, 0.2) is 51.2 Å². The molecule has 4 heterocycles. The van der Waals surface area contributed by atoms with Crippen molar-refractivity contribution in [3.05, 3.63) is 57.8 Å². The molecule has 1 aromatic heterocycles. The van der Waals surface area contributed by atoms with Gasteiger partial charge in [-0.05, 0) is 51.5 Å². The fourth-order valence-corrected chi connectivity index (χ4v) is 6.71. The van der Waals surface area contributed by atoms with Crippen molar-refractivity contribution in [1.29, 1.82) is 0 Å². The molecule has 3 saturated heterocycles. The van der Waals surface area contributed by atoms with Crippen LogP contribution in [0.25, 0.3) is 22.3 Å². The van der Waals surface area contributed by atoms with Crippen LogP contribution < -0.4 is 19.6 Å². The van der Waals surface area contributed by atoms with E-state index in [-0.39, 0.29) is 34.6 Å². The second-order valence-corrected chi connectivity index (χ2v) is 14.4. The Hall–Kier alpha value is -3.93. The van der Waals surface area contributed by atoms with Crippen molar-refractivity contribution < 1.29 is 88.6 Å². The summed E-state index contributed by atoms with van der Waals surface area (Å²) >= 11 is 0. The SMILES string of the molecule is COc1ccc(-c2oc3c(CC=C(C)C)c(O[C@@H]4O[C@@H](CO)[C@@H](O)[C@@H](O)[C@@H]4O)cc(O)c3c(=O)c2O[C@@H]2O[C@H](C)[C@H](O)[C@H](O)[C@H]2O[C@@H]2OC[C@@H](O)[C@@H](O)[C@@H]2O)cc1. The van der Waals surface area contributed by atoms with Crippen molar-refractivity contribution in [3.8, 4) is 34.3 Å². The molecule has 57 heavy (non-hydrogen) atoms. The quantitative estimate of drug-likeness (QED) is 0.0990. The van der Waals surface area contributed by atoms with Crippen molar-refractivity contribution >= 4 is 11.0 Å². The Bertz CT molecular complexity index is 1940. The van der Waals surface area contributed by atoms with E-state index < -0.39 is 122 Å². The number of hydrogen-bond donors (Lipinski definition) is 10. The third-order valence-electron chi connectivity index (χ3n) is 10.1. The highest BCUT2D eigenvalue weighted by atomic mass is 16.8. The van der Waals surface area contributed by atoms with Gasteiger partial charge in [0, 0.05) is 17.2 Å². The van der Waals surface area contributed by atoms with Crippen LogP contribution in [0, 0.1) is 0 Å². The Morgan fingerprint density at radius 3 is 2.18 bits per heavy atom. The standard InChI is InChI=1S/C38H48O19/c1-14(2)5-10-18-21(53-37-31(49)28(46)26(44)22(12-39)54-37)11-19(40)23-27(45)34(32(55-33(18)23)16-6-8-17(50-4)9-7-16)56-38-35(29(47)24(42)15(3)52-38)57-36-30(48)25(43)20(41)13-51-36/h5-9,11,15,20,22,24-26,28-31,35-44,46-49H,10,12-13H2,1-4H3/t15-,20-,22+,24+,25-,26-,28-,29+,30+,31+,35-,36+,37-,38+/m1/s1. The van der Waals surface area contributed by atoms with Crippen LogP contribution in [0.4, 0.5) is 0 Å². The number of phenolic OH excluding ortho intramolecular Hbond substituents is 1. The largest absolute Gasteiger partial charge is 0.507 e. The monoisotopic (exact) mass is 808 g/mol. The molecule has 14 atom stereocenters. The number of aromatic hydroxyl groups is 1. The van der Waals surface area contributed by atoms with Gasteiger partial charge in [0.1, 0.15) is 83.2 Å². The maximum Gasteiger partial charge on any atom is 0.239 e. The summed E-state index contributed by atoms with van der Waals surface area (Å²) in [7, 11) is 1.45. The highest BCUT2D eigenvalue weighted by molar-refractivity contribution is 5.91. The number of aliphatic hydroxyl groups excluding tert-OH is 9. The van der Waals surface area contributed by atoms with Crippen molar-refractivity contribution in [2.24, 2.45) is 0 Å². The second-order valence-electron chi connectivity index (χ2n) is 14.4. The summed E-state index contributed by atoms with van der Waals surface area (Å²) in [5.41, 5.74) is 0.0639. The van der Waals surface area contributed by atoms with Gasteiger partial charge in [0.05, 0.1) is 26.4 Å². The van der Waals surface area contributed by atoms with E-state index in [2.05, 4.69) is 0 Å². The molecular formula is C38H48O19. The van der Waals surface area contributed by atoms with Gasteiger partial charge < -0.3 is 88.6 Å². The molecule has 19 heteroatoms. The Morgan fingerprint density at radius 2 is 1.53 bits per heavy atom. The summed E-state index contributed by atoms with van der Waals surface area (Å²) in [6.45, 7) is 3.84. The van der Waals surface area contributed by atoms with Gasteiger partial charge in [-0.15, -0.1) is 0 Å². The Kier molecular flexibility index (Phi) is 13.1. The summed E-state index contributed by atoms with van der Waals surface area (Å²) in [5.74, 6) is -1.21. The summed E-state index contributed by atoms with van der Waals surface area (Å²) in [6, 6.07) is 7.26. The molecule has 0 saturated carbocycles. The van der Waals surface area contributed by atoms with Crippen LogP contribution in [0.1, 0.15) is 26.3 Å². The number of benzene rings is 2. The van der Waals surface area contributed by atoms with E-state index in [0.29, 0.717) is 5.75 Å². The molecule has 3 aromatic rings. The Balaban J connectivity index is 1.50. The van der Waals surface area contributed by atoms with Crippen LogP contribution >= 0.6 is 0 Å². The molecule has 0 bridgehead atoms. The normalized spacial score (nSPS) is 34.5. The highest BCUT2D eigenvalue weighted by Gasteiger charge is 2.50. The van der Waals surface area contributed by atoms with E-state index in [1.54, 1.807) is 32.1 Å². The number of aliphatic hydroxyl groups is 9. The molecular weight excluding hydrogens is 760 g/mol. The maximum absolute atomic E-state index is 14.7. The van der Waals surface area contributed by atoms with Gasteiger partial charge in [-0.2, -0.15) is 0 Å². The van der Waals surface area contributed by atoms with Gasteiger partial charge in [0.15, 0.2) is 18.2 Å². The predicted octanol–water partition coefficient (Wildman–Crippen LogP) is -1.47. The van der Waals surface area contributed by atoms with Gasteiger partial charge in [-0.3, -0.25) is 4.79 Å². The van der Waals surface area contributed by atoms with Crippen LogP contribution in [0.3, 0.4) is 0 Å². The predicted molar refractivity (Wildman–Crippen MR) is 193 cm³/mol. The number of fused-ring (bicyclic) bond motifs is 1. The van der Waals surface area contributed by atoms with Gasteiger partial charge in [-0.25, -0.2) is 0 Å². The number of hydrogen-bond acceptors (Lipinski definition) is 19. The Labute approximate surface area is 325 Å². The smallest absolute Gasteiger partial charge is 0.239 e. The first kappa shape index (κ1) is 42.7. The number of ether oxygens (including phenoxy) is 7. The fraction of sp³-hybridized carbons (Fsp3) is 0.553. The zero-order chi connectivity index (χ0) is 41.5. The molecule has 314 valence electrons. The second kappa shape index (κ2) is 17.5. The van der Waals surface area contributed by atoms with Gasteiger partial charge >= 0.3 is 0 Å². The lowest BCUT2D eigenvalue weighted by Gasteiger charge is -2.44. The fourth-order valence-electron chi connectivity index (χ4n) is 6.71. The van der Waals surface area contributed by atoms with Crippen LogP contribution in [-0.2, 0) is 25.4 Å². The molecule has 0 radical (unpaired) electrons. The summed E-state index contributed by atoms with van der Waals surface area (Å²) < 4.78 is 46.5. The van der Waals surface area contributed by atoms with Crippen molar-refractivity contribution in [3.63, 3.8) is 0 Å². The molecule has 19 nitrogen and oxygen atoms in total. The first-order chi connectivity index (χ1) is 27.1. The number of methoxy groups -OCH3 is 1. The first-order valence-corrected chi connectivity index (χ1v) is 18.2. The molecule has 3 aliphatic heterocycles. The summed E-state index contributed by atoms with van der Waals surface area (Å²) in [5, 5.41) is 105. The van der Waals surface area contributed by atoms with Crippen LogP contribution in [0.5, 0.6) is 23.0 Å². The van der Waals surface area contributed by atoms with Crippen molar-refractivity contribution in [2.45, 2.75) is 113 Å². The number of rotatable bonds is 11. The van der Waals surface area contributed by atoms with E-state index in [9.17, 15) is 55.9 Å². The van der Waals surface area contributed by atoms with E-state index >= 15 is 0 Å². The van der Waals surface area contributed by atoms with Crippen LogP contribution in [0.2, 0.25) is 0 Å². The minimum atomic E-state index is -1.81. The molecule has 2 aromatic carbocycles. The lowest BCUT2D eigenvalue weighted by Crippen LogP contribution is -2.62. The number of allylic oxidation sites excluding steroid dienone is 2. The average Bonchev–Trinajstić information content (AvgIpc) is 3.19. The molecule has 0 amide bonds. The molecule has 3 aliphatic rings. The zero-order valence-corrected chi connectivity index (χ0v) is 31.3. The zero-order valence-electron chi connectivity index (χ0n) is 31.3. The van der Waals surface area contributed by atoms with E-state index in [0.717, 1.165) is 11.6 Å². The molecule has 0 aliphatic carbocycles. The van der Waals surface area contributed by atoms with E-state index in [1.165, 1.54) is 26.2 Å². The lowest BCUT2D eigenvalue weighted by atomic mass is 9.98. The summed E-state index contributed by atoms with van der Waals surface area (Å²) in [4.78, 5) is 14.7. The topological polar surface area (TPSA) is 297 Å². The molecule has 3 fully saturated rings.